The average molecular weight is 362 g/mol. The molecular weight excluding hydrogens is 350 g/mol. The van der Waals surface area contributed by atoms with Gasteiger partial charge in [0.15, 0.2) is 0 Å². The van der Waals surface area contributed by atoms with Crippen LogP contribution in [0.25, 0.3) is 0 Å². The predicted molar refractivity (Wildman–Crippen MR) is 79.6 cm³/mol. The lowest BCUT2D eigenvalue weighted by Gasteiger charge is -2.14. The van der Waals surface area contributed by atoms with Crippen molar-refractivity contribution in [1.82, 2.24) is 0 Å². The van der Waals surface area contributed by atoms with Gasteiger partial charge in [-0.15, -0.1) is 0 Å². The highest BCUT2D eigenvalue weighted by Gasteiger charge is 2.37. The first kappa shape index (κ1) is 18.6. The highest BCUT2D eigenvalue weighted by Crippen LogP contribution is 2.37. The molecule has 0 saturated carbocycles. The summed E-state index contributed by atoms with van der Waals surface area (Å²) in [5.74, 6) is -0.753. The molecule has 0 heterocycles. The molecule has 9 heteroatoms. The van der Waals surface area contributed by atoms with Crippen LogP contribution in [-0.4, -0.2) is 5.91 Å². The molecule has 2 aromatic rings. The molecule has 134 valence electrons. The second kappa shape index (κ2) is 6.66. The number of nitrogens with two attached hydrogens (primary N) is 1. The van der Waals surface area contributed by atoms with Crippen molar-refractivity contribution in [3.63, 3.8) is 0 Å². The van der Waals surface area contributed by atoms with Crippen molar-refractivity contribution in [3.05, 3.63) is 59.2 Å². The Labute approximate surface area is 138 Å². The number of amides is 1. The van der Waals surface area contributed by atoms with Gasteiger partial charge in [0.2, 0.25) is 5.91 Å². The summed E-state index contributed by atoms with van der Waals surface area (Å²) >= 11 is 0. The van der Waals surface area contributed by atoms with Crippen LogP contribution < -0.4 is 11.1 Å². The van der Waals surface area contributed by atoms with E-state index >= 15 is 0 Å². The van der Waals surface area contributed by atoms with E-state index in [1.165, 1.54) is 24.3 Å². The van der Waals surface area contributed by atoms with Crippen LogP contribution in [0, 0.1) is 0 Å². The molecule has 0 unspecified atom stereocenters. The molecule has 0 spiro atoms. The SMILES string of the molecule is Nc1ccc(CC(=O)Nc2cc(C(F)(F)F)cc(C(F)(F)F)c2)cc1. The number of nitrogen functional groups attached to an aromatic ring is 1. The number of hydrogen-bond acceptors (Lipinski definition) is 2. The number of rotatable bonds is 3. The fourth-order valence-electron chi connectivity index (χ4n) is 2.05. The number of carbonyl (C=O) groups is 1. The van der Waals surface area contributed by atoms with Crippen LogP contribution in [0.5, 0.6) is 0 Å². The van der Waals surface area contributed by atoms with E-state index in [2.05, 4.69) is 5.32 Å². The van der Waals surface area contributed by atoms with E-state index in [4.69, 9.17) is 5.73 Å². The predicted octanol–water partition coefficient (Wildman–Crippen LogP) is 4.49. The van der Waals surface area contributed by atoms with Crippen LogP contribution >= 0.6 is 0 Å². The van der Waals surface area contributed by atoms with Gasteiger partial charge in [0.1, 0.15) is 0 Å². The molecule has 2 rings (SSSR count). The Balaban J connectivity index is 2.25. The smallest absolute Gasteiger partial charge is 0.399 e. The van der Waals surface area contributed by atoms with Gasteiger partial charge in [-0.3, -0.25) is 4.79 Å². The number of anilines is 2. The molecule has 0 fully saturated rings. The van der Waals surface area contributed by atoms with Crippen molar-refractivity contribution in [3.8, 4) is 0 Å². The van der Waals surface area contributed by atoms with Crippen molar-refractivity contribution in [2.45, 2.75) is 18.8 Å². The number of carbonyl (C=O) groups excluding carboxylic acids is 1. The van der Waals surface area contributed by atoms with E-state index < -0.39 is 35.1 Å². The lowest BCUT2D eigenvalue weighted by molar-refractivity contribution is -0.143. The molecular formula is C16H12F6N2O. The molecule has 0 radical (unpaired) electrons. The molecule has 0 bridgehead atoms. The van der Waals surface area contributed by atoms with Crippen LogP contribution in [-0.2, 0) is 23.6 Å². The van der Waals surface area contributed by atoms with Crippen LogP contribution in [0.4, 0.5) is 37.7 Å². The first-order valence-electron chi connectivity index (χ1n) is 6.89. The second-order valence-electron chi connectivity index (χ2n) is 5.26. The number of alkyl halides is 6. The zero-order chi connectivity index (χ0) is 18.8. The van der Waals surface area contributed by atoms with Crippen LogP contribution in [0.3, 0.4) is 0 Å². The van der Waals surface area contributed by atoms with Crippen molar-refractivity contribution >= 4 is 17.3 Å². The fourth-order valence-corrected chi connectivity index (χ4v) is 2.05. The molecule has 0 aliphatic carbocycles. The lowest BCUT2D eigenvalue weighted by atomic mass is 10.1. The summed E-state index contributed by atoms with van der Waals surface area (Å²) in [6, 6.07) is 7.01. The van der Waals surface area contributed by atoms with Gasteiger partial charge in [-0.1, -0.05) is 12.1 Å². The summed E-state index contributed by atoms with van der Waals surface area (Å²) in [7, 11) is 0. The van der Waals surface area contributed by atoms with Crippen molar-refractivity contribution in [2.75, 3.05) is 11.1 Å². The fraction of sp³-hybridized carbons (Fsp3) is 0.188. The third-order valence-electron chi connectivity index (χ3n) is 3.22. The van der Waals surface area contributed by atoms with Gasteiger partial charge in [-0.05, 0) is 35.9 Å². The average Bonchev–Trinajstić information content (AvgIpc) is 2.47. The largest absolute Gasteiger partial charge is 0.416 e. The molecule has 25 heavy (non-hydrogen) atoms. The van der Waals surface area contributed by atoms with Crippen LogP contribution in [0.1, 0.15) is 16.7 Å². The second-order valence-corrected chi connectivity index (χ2v) is 5.26. The summed E-state index contributed by atoms with van der Waals surface area (Å²) in [5, 5.41) is 2.06. The zero-order valence-electron chi connectivity index (χ0n) is 12.5. The van der Waals surface area contributed by atoms with Gasteiger partial charge in [0.25, 0.3) is 0 Å². The Hall–Kier alpha value is -2.71. The summed E-state index contributed by atoms with van der Waals surface area (Å²) < 4.78 is 76.6. The van der Waals surface area contributed by atoms with Gasteiger partial charge in [-0.25, -0.2) is 0 Å². The molecule has 0 saturated heterocycles. The maximum absolute atomic E-state index is 12.8. The minimum absolute atomic E-state index is 0.00434. The number of nitrogens with one attached hydrogen (secondary N) is 1. The molecule has 1 amide bonds. The van der Waals surface area contributed by atoms with Crippen molar-refractivity contribution in [2.24, 2.45) is 0 Å². The highest BCUT2D eigenvalue weighted by atomic mass is 19.4. The third-order valence-corrected chi connectivity index (χ3v) is 3.22. The highest BCUT2D eigenvalue weighted by molar-refractivity contribution is 5.92. The minimum Gasteiger partial charge on any atom is -0.399 e. The topological polar surface area (TPSA) is 55.1 Å². The van der Waals surface area contributed by atoms with Gasteiger partial charge < -0.3 is 11.1 Å². The van der Waals surface area contributed by atoms with E-state index in [1.54, 1.807) is 0 Å². The summed E-state index contributed by atoms with van der Waals surface area (Å²) in [6.07, 6.45) is -10.2. The normalized spacial score (nSPS) is 12.1. The Morgan fingerprint density at radius 3 is 1.80 bits per heavy atom. The van der Waals surface area contributed by atoms with Gasteiger partial charge in [-0.2, -0.15) is 26.3 Å². The molecule has 0 aliphatic heterocycles. The Morgan fingerprint density at radius 1 is 0.880 bits per heavy atom. The van der Waals surface area contributed by atoms with E-state index in [-0.39, 0.29) is 12.5 Å². The van der Waals surface area contributed by atoms with Gasteiger partial charge in [0.05, 0.1) is 17.5 Å². The maximum Gasteiger partial charge on any atom is 0.416 e. The van der Waals surface area contributed by atoms with E-state index in [0.717, 1.165) is 0 Å². The first-order chi connectivity index (χ1) is 11.4. The lowest BCUT2D eigenvalue weighted by Crippen LogP contribution is -2.17. The maximum atomic E-state index is 12.8. The molecule has 3 nitrogen and oxygen atoms in total. The van der Waals surface area contributed by atoms with Crippen LogP contribution in [0.2, 0.25) is 0 Å². The molecule has 0 aliphatic rings. The summed E-state index contributed by atoms with van der Waals surface area (Å²) in [4.78, 5) is 11.9. The van der Waals surface area contributed by atoms with E-state index in [1.807, 2.05) is 0 Å². The van der Waals surface area contributed by atoms with Gasteiger partial charge in [0, 0.05) is 11.4 Å². The Kier molecular flexibility index (Phi) is 4.96. The Bertz CT molecular complexity index is 733. The molecule has 2 aromatic carbocycles. The summed E-state index contributed by atoms with van der Waals surface area (Å²) in [6.45, 7) is 0. The standard InChI is InChI=1S/C16H12F6N2O/c17-15(18,19)10-6-11(16(20,21)22)8-13(7-10)24-14(25)5-9-1-3-12(23)4-2-9/h1-4,6-8H,5,23H2,(H,24,25). The number of benzene rings is 2. The Morgan fingerprint density at radius 2 is 1.36 bits per heavy atom. The third kappa shape index (κ3) is 5.13. The van der Waals surface area contributed by atoms with E-state index in [9.17, 15) is 31.1 Å². The monoisotopic (exact) mass is 362 g/mol. The zero-order valence-corrected chi connectivity index (χ0v) is 12.5. The van der Waals surface area contributed by atoms with Gasteiger partial charge >= 0.3 is 12.4 Å². The molecule has 0 atom stereocenters. The first-order valence-corrected chi connectivity index (χ1v) is 6.89. The van der Waals surface area contributed by atoms with Crippen LogP contribution in [0.15, 0.2) is 42.5 Å². The summed E-state index contributed by atoms with van der Waals surface area (Å²) in [5.41, 5.74) is 2.88. The molecule has 0 aromatic heterocycles. The quantitative estimate of drug-likeness (QED) is 0.625. The van der Waals surface area contributed by atoms with Crippen molar-refractivity contribution < 1.29 is 31.1 Å². The number of halogens is 6. The van der Waals surface area contributed by atoms with Crippen molar-refractivity contribution in [1.29, 1.82) is 0 Å². The number of hydrogen-bond donors (Lipinski definition) is 2. The minimum atomic E-state index is -4.97. The molecule has 3 N–H and O–H groups in total. The van der Waals surface area contributed by atoms with E-state index in [0.29, 0.717) is 23.4 Å².